The Balaban J connectivity index is 2.17. The molecule has 1 aromatic rings. The molecule has 86 valence electrons. The second-order valence-corrected chi connectivity index (χ2v) is 4.77. The summed E-state index contributed by atoms with van der Waals surface area (Å²) >= 11 is 1.35. The molecule has 0 unspecified atom stereocenters. The minimum Gasteiger partial charge on any atom is -0.480 e. The van der Waals surface area contributed by atoms with Crippen LogP contribution < -0.4 is 0 Å². The molecule has 0 saturated carbocycles. The third-order valence-corrected chi connectivity index (χ3v) is 3.64. The van der Waals surface area contributed by atoms with Gasteiger partial charge in [-0.2, -0.15) is 0 Å². The number of rotatable bonds is 2. The van der Waals surface area contributed by atoms with E-state index < -0.39 is 12.0 Å². The maximum atomic E-state index is 12.0. The highest BCUT2D eigenvalue weighted by Gasteiger charge is 2.32. The van der Waals surface area contributed by atoms with Gasteiger partial charge < -0.3 is 10.0 Å². The van der Waals surface area contributed by atoms with Crippen LogP contribution in [0.2, 0.25) is 0 Å². The molecule has 16 heavy (non-hydrogen) atoms. The van der Waals surface area contributed by atoms with E-state index in [1.54, 1.807) is 12.1 Å². The van der Waals surface area contributed by atoms with Gasteiger partial charge in [-0.1, -0.05) is 6.07 Å². The zero-order valence-corrected chi connectivity index (χ0v) is 9.57. The van der Waals surface area contributed by atoms with Crippen LogP contribution >= 0.6 is 11.3 Å². The van der Waals surface area contributed by atoms with Crippen molar-refractivity contribution < 1.29 is 14.7 Å². The van der Waals surface area contributed by atoms with Gasteiger partial charge in [0.15, 0.2) is 0 Å². The van der Waals surface area contributed by atoms with Crippen molar-refractivity contribution in [1.82, 2.24) is 4.90 Å². The Kier molecular flexibility index (Phi) is 3.24. The van der Waals surface area contributed by atoms with E-state index in [0.717, 1.165) is 12.8 Å². The fourth-order valence-corrected chi connectivity index (χ4v) is 2.65. The number of carbonyl (C=O) groups excluding carboxylic acids is 1. The summed E-state index contributed by atoms with van der Waals surface area (Å²) in [6.07, 6.45) is 2.33. The summed E-state index contributed by atoms with van der Waals surface area (Å²) in [4.78, 5) is 25.2. The van der Waals surface area contributed by atoms with E-state index >= 15 is 0 Å². The minimum absolute atomic E-state index is 0.151. The molecular weight excluding hydrogens is 226 g/mol. The number of carboxylic acids is 1. The Morgan fingerprint density at radius 3 is 2.88 bits per heavy atom. The molecule has 4 nitrogen and oxygen atoms in total. The van der Waals surface area contributed by atoms with E-state index in [1.807, 2.05) is 5.38 Å². The highest BCUT2D eigenvalue weighted by atomic mass is 32.1. The van der Waals surface area contributed by atoms with Crippen molar-refractivity contribution in [2.24, 2.45) is 0 Å². The summed E-state index contributed by atoms with van der Waals surface area (Å²) in [7, 11) is 0. The van der Waals surface area contributed by atoms with Gasteiger partial charge in [0.1, 0.15) is 6.04 Å². The van der Waals surface area contributed by atoms with Crippen LogP contribution in [0.3, 0.4) is 0 Å². The van der Waals surface area contributed by atoms with Gasteiger partial charge in [0.2, 0.25) is 0 Å². The van der Waals surface area contributed by atoms with E-state index in [9.17, 15) is 9.59 Å². The van der Waals surface area contributed by atoms with Crippen molar-refractivity contribution in [3.05, 3.63) is 22.4 Å². The average Bonchev–Trinajstić information content (AvgIpc) is 2.81. The van der Waals surface area contributed by atoms with Gasteiger partial charge in [-0.25, -0.2) is 4.79 Å². The summed E-state index contributed by atoms with van der Waals surface area (Å²) in [5.41, 5.74) is 0. The number of aliphatic carboxylic acids is 1. The van der Waals surface area contributed by atoms with Gasteiger partial charge in [-0.15, -0.1) is 11.3 Å². The van der Waals surface area contributed by atoms with E-state index in [2.05, 4.69) is 0 Å². The number of piperidine rings is 1. The molecule has 2 rings (SSSR count). The largest absolute Gasteiger partial charge is 0.480 e. The lowest BCUT2D eigenvalue weighted by atomic mass is 10.0. The average molecular weight is 239 g/mol. The van der Waals surface area contributed by atoms with Gasteiger partial charge >= 0.3 is 5.97 Å². The number of carbonyl (C=O) groups is 2. The normalized spacial score (nSPS) is 20.8. The van der Waals surface area contributed by atoms with Crippen LogP contribution in [-0.2, 0) is 4.79 Å². The molecule has 0 aromatic carbocycles. The quantitative estimate of drug-likeness (QED) is 0.856. The molecule has 1 aromatic heterocycles. The Hall–Kier alpha value is -1.36. The van der Waals surface area contributed by atoms with Crippen molar-refractivity contribution in [2.45, 2.75) is 25.3 Å². The number of thiophene rings is 1. The van der Waals surface area contributed by atoms with Crippen molar-refractivity contribution in [2.75, 3.05) is 6.54 Å². The molecule has 0 spiro atoms. The lowest BCUT2D eigenvalue weighted by Gasteiger charge is -2.32. The second kappa shape index (κ2) is 4.65. The number of nitrogens with zero attached hydrogens (tertiary/aromatic N) is 1. The molecule has 0 radical (unpaired) electrons. The molecule has 1 N–H and O–H groups in total. The molecule has 1 aliphatic rings. The van der Waals surface area contributed by atoms with Crippen LogP contribution in [-0.4, -0.2) is 34.5 Å². The molecule has 1 amide bonds. The number of hydrogen-bond acceptors (Lipinski definition) is 3. The smallest absolute Gasteiger partial charge is 0.326 e. The van der Waals surface area contributed by atoms with Crippen LogP contribution in [0.1, 0.15) is 28.9 Å². The van der Waals surface area contributed by atoms with Crippen LogP contribution in [0.5, 0.6) is 0 Å². The van der Waals surface area contributed by atoms with E-state index in [0.29, 0.717) is 17.8 Å². The fraction of sp³-hybridized carbons (Fsp3) is 0.455. The van der Waals surface area contributed by atoms with Gasteiger partial charge in [-0.05, 0) is 30.7 Å². The Labute approximate surface area is 97.5 Å². The number of carboxylic acid groups (broad SMARTS) is 1. The fourth-order valence-electron chi connectivity index (χ4n) is 1.97. The van der Waals surface area contributed by atoms with Gasteiger partial charge in [0, 0.05) is 6.54 Å². The van der Waals surface area contributed by atoms with Gasteiger partial charge in [0.25, 0.3) is 5.91 Å². The van der Waals surface area contributed by atoms with E-state index in [4.69, 9.17) is 5.11 Å². The zero-order valence-electron chi connectivity index (χ0n) is 8.76. The standard InChI is InChI=1S/C11H13NO3S/c13-10(9-5-3-7-16-9)12-6-2-1-4-8(12)11(14)15/h3,5,7-8H,1-2,4,6H2,(H,14,15)/t8-/m1/s1. The summed E-state index contributed by atoms with van der Waals surface area (Å²) in [5, 5.41) is 10.9. The molecule has 1 aliphatic heterocycles. The molecule has 1 atom stereocenters. The van der Waals surface area contributed by atoms with Crippen molar-refractivity contribution in [3.8, 4) is 0 Å². The maximum absolute atomic E-state index is 12.0. The van der Waals surface area contributed by atoms with Crippen molar-refractivity contribution in [3.63, 3.8) is 0 Å². The van der Waals surface area contributed by atoms with E-state index in [-0.39, 0.29) is 5.91 Å². The highest BCUT2D eigenvalue weighted by molar-refractivity contribution is 7.12. The van der Waals surface area contributed by atoms with Crippen LogP contribution in [0.25, 0.3) is 0 Å². The van der Waals surface area contributed by atoms with Gasteiger partial charge in [0.05, 0.1) is 4.88 Å². The number of likely N-dealkylation sites (tertiary alicyclic amines) is 1. The summed E-state index contributed by atoms with van der Waals surface area (Å²) in [6.45, 7) is 0.549. The molecule has 5 heteroatoms. The van der Waals surface area contributed by atoms with E-state index in [1.165, 1.54) is 16.2 Å². The predicted molar refractivity (Wildman–Crippen MR) is 60.6 cm³/mol. The minimum atomic E-state index is -0.899. The third-order valence-electron chi connectivity index (χ3n) is 2.78. The first-order chi connectivity index (χ1) is 7.70. The summed E-state index contributed by atoms with van der Waals surface area (Å²) in [6, 6.07) is 2.89. The zero-order chi connectivity index (χ0) is 11.5. The molecule has 0 aliphatic carbocycles. The van der Waals surface area contributed by atoms with Crippen LogP contribution in [0.4, 0.5) is 0 Å². The Bertz CT molecular complexity index is 388. The second-order valence-electron chi connectivity index (χ2n) is 3.83. The predicted octanol–water partition coefficient (Wildman–Crippen LogP) is 1.83. The first kappa shape index (κ1) is 11.1. The molecule has 1 saturated heterocycles. The van der Waals surface area contributed by atoms with Crippen molar-refractivity contribution in [1.29, 1.82) is 0 Å². The van der Waals surface area contributed by atoms with Crippen molar-refractivity contribution >= 4 is 23.2 Å². The number of hydrogen-bond donors (Lipinski definition) is 1. The summed E-state index contributed by atoms with van der Waals surface area (Å²) < 4.78 is 0. The number of amides is 1. The van der Waals surface area contributed by atoms with Crippen LogP contribution in [0.15, 0.2) is 17.5 Å². The Morgan fingerprint density at radius 1 is 1.44 bits per heavy atom. The topological polar surface area (TPSA) is 57.6 Å². The van der Waals surface area contributed by atoms with Gasteiger partial charge in [-0.3, -0.25) is 4.79 Å². The summed E-state index contributed by atoms with van der Waals surface area (Å²) in [5.74, 6) is -1.05. The Morgan fingerprint density at radius 2 is 2.25 bits per heavy atom. The molecule has 1 fully saturated rings. The highest BCUT2D eigenvalue weighted by Crippen LogP contribution is 2.21. The third kappa shape index (κ3) is 2.09. The maximum Gasteiger partial charge on any atom is 0.326 e. The molecule has 2 heterocycles. The molecule has 0 bridgehead atoms. The monoisotopic (exact) mass is 239 g/mol. The lowest BCUT2D eigenvalue weighted by Crippen LogP contribution is -2.47. The SMILES string of the molecule is O=C(O)[C@H]1CCCCN1C(=O)c1cccs1. The lowest BCUT2D eigenvalue weighted by molar-refractivity contribution is -0.143. The molecular formula is C11H13NO3S. The first-order valence-corrected chi connectivity index (χ1v) is 6.15. The first-order valence-electron chi connectivity index (χ1n) is 5.27. The van der Waals surface area contributed by atoms with Crippen LogP contribution in [0, 0.1) is 0 Å².